The normalized spacial score (nSPS) is 22.6. The number of aromatic amines is 1. The first-order chi connectivity index (χ1) is 11.3. The second-order valence-electron chi connectivity index (χ2n) is 6.26. The van der Waals surface area contributed by atoms with Gasteiger partial charge in [0.2, 0.25) is 0 Å². The van der Waals surface area contributed by atoms with Crippen LogP contribution in [0, 0.1) is 0 Å². The molecule has 0 unspecified atom stereocenters. The van der Waals surface area contributed by atoms with Crippen LogP contribution in [0.15, 0.2) is 0 Å². The highest BCUT2D eigenvalue weighted by atomic mass is 16.5. The van der Waals surface area contributed by atoms with E-state index in [1.807, 2.05) is 4.68 Å². The molecule has 1 aliphatic heterocycles. The van der Waals surface area contributed by atoms with Crippen LogP contribution < -0.4 is 0 Å². The third-order valence-corrected chi connectivity index (χ3v) is 4.29. The van der Waals surface area contributed by atoms with Gasteiger partial charge in [0, 0.05) is 19.5 Å². The van der Waals surface area contributed by atoms with Gasteiger partial charge in [-0.2, -0.15) is 5.10 Å². The Bertz CT molecular complexity index is 649. The van der Waals surface area contributed by atoms with Gasteiger partial charge in [-0.15, -0.1) is 5.10 Å². The molecule has 2 aromatic rings. The van der Waals surface area contributed by atoms with Gasteiger partial charge in [0.15, 0.2) is 11.6 Å². The summed E-state index contributed by atoms with van der Waals surface area (Å²) in [5.74, 6) is 2.62. The third-order valence-electron chi connectivity index (χ3n) is 4.29. The Balaban J connectivity index is 1.41. The Labute approximate surface area is 134 Å². The number of aryl methyl sites for hydroxylation is 1. The lowest BCUT2D eigenvalue weighted by molar-refractivity contribution is -0.0381. The summed E-state index contributed by atoms with van der Waals surface area (Å²) in [5, 5.41) is 19.4. The van der Waals surface area contributed by atoms with Gasteiger partial charge in [-0.1, -0.05) is 6.92 Å². The first-order valence-corrected chi connectivity index (χ1v) is 8.35. The Morgan fingerprint density at radius 1 is 1.35 bits per heavy atom. The van der Waals surface area contributed by atoms with E-state index in [1.54, 1.807) is 0 Å². The van der Waals surface area contributed by atoms with E-state index in [2.05, 4.69) is 42.5 Å². The number of morpholine rings is 1. The van der Waals surface area contributed by atoms with Gasteiger partial charge >= 0.3 is 0 Å². The molecule has 1 N–H and O–H groups in total. The van der Waals surface area contributed by atoms with Crippen molar-refractivity contribution >= 4 is 0 Å². The van der Waals surface area contributed by atoms with Crippen LogP contribution in [0.25, 0.3) is 0 Å². The predicted octanol–water partition coefficient (Wildman–Crippen LogP) is 0.652. The number of aromatic nitrogens is 7. The van der Waals surface area contributed by atoms with E-state index in [-0.39, 0.29) is 6.10 Å². The second kappa shape index (κ2) is 6.32. The SMILES string of the molecule is CCCc1nc([C@H]2CN(Cc3nnnn3C3CC3)CCO2)n[nH]1. The maximum atomic E-state index is 5.85. The average molecular weight is 318 g/mol. The summed E-state index contributed by atoms with van der Waals surface area (Å²) in [6.07, 6.45) is 4.24. The number of tetrazole rings is 1. The minimum atomic E-state index is -0.0872. The van der Waals surface area contributed by atoms with E-state index in [0.717, 1.165) is 49.9 Å². The van der Waals surface area contributed by atoms with Crippen LogP contribution in [0.5, 0.6) is 0 Å². The summed E-state index contributed by atoms with van der Waals surface area (Å²) in [6, 6.07) is 0.501. The van der Waals surface area contributed by atoms with Crippen molar-refractivity contribution in [1.82, 2.24) is 40.3 Å². The minimum absolute atomic E-state index is 0.0872. The predicted molar refractivity (Wildman–Crippen MR) is 80.4 cm³/mol. The van der Waals surface area contributed by atoms with Gasteiger partial charge in [0.05, 0.1) is 19.2 Å². The van der Waals surface area contributed by atoms with E-state index >= 15 is 0 Å². The molecular weight excluding hydrogens is 296 g/mol. The van der Waals surface area contributed by atoms with Crippen molar-refractivity contribution in [3.05, 3.63) is 17.5 Å². The molecule has 9 heteroatoms. The summed E-state index contributed by atoms with van der Waals surface area (Å²) in [7, 11) is 0. The van der Waals surface area contributed by atoms with E-state index in [1.165, 1.54) is 12.8 Å². The lowest BCUT2D eigenvalue weighted by atomic mass is 10.2. The Morgan fingerprint density at radius 2 is 2.26 bits per heavy atom. The molecule has 1 saturated carbocycles. The average Bonchev–Trinajstić information content (AvgIpc) is 3.12. The minimum Gasteiger partial charge on any atom is -0.367 e. The summed E-state index contributed by atoms with van der Waals surface area (Å²) in [6.45, 7) is 5.19. The van der Waals surface area contributed by atoms with Crippen LogP contribution in [0.3, 0.4) is 0 Å². The second-order valence-corrected chi connectivity index (χ2v) is 6.26. The standard InChI is InChI=1S/C14H22N8O/c1-2-3-12-15-14(18-16-12)11-8-21(6-7-23-11)9-13-17-19-20-22(13)10-4-5-10/h10-11H,2-9H2,1H3,(H,15,16,18)/t11-/m1/s1. The molecule has 1 saturated heterocycles. The van der Waals surface area contributed by atoms with Crippen LogP contribution in [0.2, 0.25) is 0 Å². The number of ether oxygens (including phenoxy) is 1. The molecule has 2 fully saturated rings. The molecule has 2 aromatic heterocycles. The molecule has 2 aliphatic rings. The Hall–Kier alpha value is -1.87. The number of hydrogen-bond acceptors (Lipinski definition) is 7. The van der Waals surface area contributed by atoms with Gasteiger partial charge in [-0.3, -0.25) is 10.00 Å². The highest BCUT2D eigenvalue weighted by molar-refractivity contribution is 4.98. The van der Waals surface area contributed by atoms with Gasteiger partial charge < -0.3 is 4.74 Å². The van der Waals surface area contributed by atoms with Crippen molar-refractivity contribution in [2.75, 3.05) is 19.7 Å². The van der Waals surface area contributed by atoms with E-state index < -0.39 is 0 Å². The molecule has 1 atom stereocenters. The van der Waals surface area contributed by atoms with Crippen LogP contribution in [-0.4, -0.2) is 60.0 Å². The Kier molecular flexibility index (Phi) is 4.04. The van der Waals surface area contributed by atoms with Crippen molar-refractivity contribution in [3.63, 3.8) is 0 Å². The van der Waals surface area contributed by atoms with Crippen molar-refractivity contribution in [2.24, 2.45) is 0 Å². The van der Waals surface area contributed by atoms with Gasteiger partial charge in [-0.05, 0) is 29.7 Å². The van der Waals surface area contributed by atoms with Crippen molar-refractivity contribution < 1.29 is 4.74 Å². The molecular formula is C14H22N8O. The summed E-state index contributed by atoms with van der Waals surface area (Å²) < 4.78 is 7.82. The first kappa shape index (κ1) is 14.7. The molecule has 124 valence electrons. The number of nitrogens with zero attached hydrogens (tertiary/aromatic N) is 7. The van der Waals surface area contributed by atoms with Crippen LogP contribution >= 0.6 is 0 Å². The Morgan fingerprint density at radius 3 is 3.09 bits per heavy atom. The van der Waals surface area contributed by atoms with Crippen LogP contribution in [0.4, 0.5) is 0 Å². The molecule has 23 heavy (non-hydrogen) atoms. The number of hydrogen-bond donors (Lipinski definition) is 1. The van der Waals surface area contributed by atoms with E-state index in [9.17, 15) is 0 Å². The quantitative estimate of drug-likeness (QED) is 0.835. The molecule has 3 heterocycles. The summed E-state index contributed by atoms with van der Waals surface area (Å²) in [5.41, 5.74) is 0. The van der Waals surface area contributed by atoms with Gasteiger partial charge in [0.1, 0.15) is 11.9 Å². The van der Waals surface area contributed by atoms with Crippen LogP contribution in [0.1, 0.15) is 55.8 Å². The van der Waals surface area contributed by atoms with Crippen molar-refractivity contribution in [1.29, 1.82) is 0 Å². The fraction of sp³-hybridized carbons (Fsp3) is 0.786. The zero-order valence-corrected chi connectivity index (χ0v) is 13.4. The van der Waals surface area contributed by atoms with E-state index in [0.29, 0.717) is 12.6 Å². The number of nitrogens with one attached hydrogen (secondary N) is 1. The zero-order valence-electron chi connectivity index (χ0n) is 13.4. The molecule has 0 amide bonds. The summed E-state index contributed by atoms with van der Waals surface area (Å²) >= 11 is 0. The van der Waals surface area contributed by atoms with Crippen LogP contribution in [-0.2, 0) is 17.7 Å². The molecule has 0 bridgehead atoms. The fourth-order valence-corrected chi connectivity index (χ4v) is 2.92. The molecule has 0 radical (unpaired) electrons. The third kappa shape index (κ3) is 3.25. The zero-order chi connectivity index (χ0) is 15.6. The molecule has 0 spiro atoms. The van der Waals surface area contributed by atoms with Gasteiger partial charge in [-0.25, -0.2) is 9.67 Å². The maximum absolute atomic E-state index is 5.85. The molecule has 1 aliphatic carbocycles. The topological polar surface area (TPSA) is 97.6 Å². The smallest absolute Gasteiger partial charge is 0.180 e. The lowest BCUT2D eigenvalue weighted by Gasteiger charge is -2.31. The lowest BCUT2D eigenvalue weighted by Crippen LogP contribution is -2.38. The molecule has 9 nitrogen and oxygen atoms in total. The molecule has 4 rings (SSSR count). The highest BCUT2D eigenvalue weighted by Gasteiger charge is 2.30. The first-order valence-electron chi connectivity index (χ1n) is 8.35. The maximum Gasteiger partial charge on any atom is 0.180 e. The fourth-order valence-electron chi connectivity index (χ4n) is 2.92. The van der Waals surface area contributed by atoms with Gasteiger partial charge in [0.25, 0.3) is 0 Å². The van der Waals surface area contributed by atoms with Crippen molar-refractivity contribution in [2.45, 2.75) is 51.3 Å². The monoisotopic (exact) mass is 318 g/mol. The largest absolute Gasteiger partial charge is 0.367 e. The van der Waals surface area contributed by atoms with E-state index in [4.69, 9.17) is 4.74 Å². The highest BCUT2D eigenvalue weighted by Crippen LogP contribution is 2.34. The summed E-state index contributed by atoms with van der Waals surface area (Å²) in [4.78, 5) is 6.86. The number of rotatable bonds is 6. The van der Waals surface area contributed by atoms with Crippen molar-refractivity contribution in [3.8, 4) is 0 Å². The molecule has 0 aromatic carbocycles. The number of H-pyrrole nitrogens is 1.